The number of rotatable bonds is 3. The number of aromatic amines is 1. The van der Waals surface area contributed by atoms with Crippen molar-refractivity contribution in [3.8, 4) is 0 Å². The normalized spacial score (nSPS) is 13.8. The molecule has 1 atom stereocenters. The first-order valence-corrected chi connectivity index (χ1v) is 3.95. The lowest BCUT2D eigenvalue weighted by atomic mass is 10.2. The van der Waals surface area contributed by atoms with E-state index in [2.05, 4.69) is 36.3 Å². The minimum absolute atomic E-state index is 0.383. The molecule has 3 heteroatoms. The Bertz CT molecular complexity index is 191. The molecule has 3 nitrogen and oxygen atoms in total. The summed E-state index contributed by atoms with van der Waals surface area (Å²) in [6, 6.07) is 0.897. The maximum Gasteiger partial charge on any atom is 0.0534 e. The van der Waals surface area contributed by atoms with Crippen LogP contribution in [0.2, 0.25) is 0 Å². The predicted molar refractivity (Wildman–Crippen MR) is 45.3 cm³/mol. The minimum Gasteiger partial charge on any atom is -0.308 e. The Kier molecular flexibility index (Phi) is 2.65. The molecule has 1 aromatic heterocycles. The molecular weight excluding hydrogens is 138 g/mol. The van der Waals surface area contributed by atoms with E-state index in [9.17, 15) is 0 Å². The van der Waals surface area contributed by atoms with Crippen molar-refractivity contribution in [1.29, 1.82) is 0 Å². The first-order chi connectivity index (χ1) is 5.20. The van der Waals surface area contributed by atoms with E-state index in [1.165, 1.54) is 5.56 Å². The largest absolute Gasteiger partial charge is 0.308 e. The highest BCUT2D eigenvalue weighted by Gasteiger charge is 2.05. The summed E-state index contributed by atoms with van der Waals surface area (Å²) < 4.78 is 0. The highest BCUT2D eigenvalue weighted by atomic mass is 15.1. The summed E-state index contributed by atoms with van der Waals surface area (Å²) in [5.41, 5.74) is 1.21. The minimum atomic E-state index is 0.383. The average Bonchev–Trinajstić information content (AvgIpc) is 2.35. The van der Waals surface area contributed by atoms with Crippen LogP contribution in [0.3, 0.4) is 0 Å². The predicted octanol–water partition coefficient (Wildman–Crippen LogP) is 1.47. The Morgan fingerprint density at radius 3 is 2.64 bits per heavy atom. The van der Waals surface area contributed by atoms with Gasteiger partial charge in [-0.3, -0.25) is 5.10 Å². The third kappa shape index (κ3) is 2.35. The van der Waals surface area contributed by atoms with Gasteiger partial charge >= 0.3 is 0 Å². The van der Waals surface area contributed by atoms with Gasteiger partial charge in [0.15, 0.2) is 0 Å². The zero-order valence-corrected chi connectivity index (χ0v) is 7.26. The van der Waals surface area contributed by atoms with E-state index < -0.39 is 0 Å². The fourth-order valence-electron chi connectivity index (χ4n) is 1.09. The van der Waals surface area contributed by atoms with Crippen LogP contribution in [0, 0.1) is 0 Å². The number of H-pyrrole nitrogens is 1. The van der Waals surface area contributed by atoms with Crippen molar-refractivity contribution in [2.75, 3.05) is 0 Å². The second-order valence-corrected chi connectivity index (χ2v) is 3.07. The molecule has 0 aliphatic rings. The molecule has 0 aromatic carbocycles. The molecule has 0 aliphatic carbocycles. The number of nitrogens with one attached hydrogen (secondary N) is 2. The monoisotopic (exact) mass is 153 g/mol. The van der Waals surface area contributed by atoms with Crippen LogP contribution in [0.15, 0.2) is 12.4 Å². The van der Waals surface area contributed by atoms with Gasteiger partial charge in [0.25, 0.3) is 0 Å². The summed E-state index contributed by atoms with van der Waals surface area (Å²) >= 11 is 0. The van der Waals surface area contributed by atoms with Crippen molar-refractivity contribution < 1.29 is 0 Å². The van der Waals surface area contributed by atoms with E-state index in [4.69, 9.17) is 0 Å². The van der Waals surface area contributed by atoms with Crippen LogP contribution in [0.25, 0.3) is 0 Å². The first kappa shape index (κ1) is 8.27. The van der Waals surface area contributed by atoms with Crippen LogP contribution in [-0.4, -0.2) is 16.2 Å². The van der Waals surface area contributed by atoms with Crippen LogP contribution in [0.5, 0.6) is 0 Å². The van der Waals surface area contributed by atoms with E-state index >= 15 is 0 Å². The molecule has 2 N–H and O–H groups in total. The Morgan fingerprint density at radius 2 is 2.18 bits per heavy atom. The smallest absolute Gasteiger partial charge is 0.0534 e. The number of aromatic nitrogens is 2. The second kappa shape index (κ2) is 3.53. The van der Waals surface area contributed by atoms with Crippen molar-refractivity contribution in [2.45, 2.75) is 32.9 Å². The Balaban J connectivity index is 2.49. The first-order valence-electron chi connectivity index (χ1n) is 3.95. The summed E-state index contributed by atoms with van der Waals surface area (Å²) in [4.78, 5) is 0. The van der Waals surface area contributed by atoms with Gasteiger partial charge < -0.3 is 5.32 Å². The molecule has 0 bridgehead atoms. The summed E-state index contributed by atoms with van der Waals surface area (Å²) in [5.74, 6) is 0. The molecule has 62 valence electrons. The zero-order valence-electron chi connectivity index (χ0n) is 7.26. The summed E-state index contributed by atoms with van der Waals surface area (Å²) in [6.07, 6.45) is 3.76. The average molecular weight is 153 g/mol. The van der Waals surface area contributed by atoms with Crippen molar-refractivity contribution in [2.24, 2.45) is 0 Å². The molecule has 0 fully saturated rings. The van der Waals surface area contributed by atoms with Gasteiger partial charge in [-0.25, -0.2) is 0 Å². The van der Waals surface area contributed by atoms with Gasteiger partial charge in [0.1, 0.15) is 0 Å². The summed E-state index contributed by atoms with van der Waals surface area (Å²) in [7, 11) is 0. The van der Waals surface area contributed by atoms with Crippen molar-refractivity contribution in [3.63, 3.8) is 0 Å². The number of hydrogen-bond acceptors (Lipinski definition) is 2. The highest BCUT2D eigenvalue weighted by Crippen LogP contribution is 2.09. The lowest BCUT2D eigenvalue weighted by Crippen LogP contribution is -2.25. The highest BCUT2D eigenvalue weighted by molar-refractivity contribution is 5.07. The number of nitrogens with zero attached hydrogens (tertiary/aromatic N) is 1. The third-order valence-corrected chi connectivity index (χ3v) is 1.60. The SMILES string of the molecule is CC(C)NC(C)c1cn[nH]c1. The summed E-state index contributed by atoms with van der Waals surface area (Å²) in [6.45, 7) is 6.40. The molecule has 11 heavy (non-hydrogen) atoms. The topological polar surface area (TPSA) is 40.7 Å². The molecule has 0 saturated heterocycles. The Labute approximate surface area is 67.2 Å². The summed E-state index contributed by atoms with van der Waals surface area (Å²) in [5, 5.41) is 10.1. The Hall–Kier alpha value is -0.830. The molecule has 0 radical (unpaired) electrons. The molecule has 0 aliphatic heterocycles. The molecule has 1 rings (SSSR count). The van der Waals surface area contributed by atoms with Crippen LogP contribution in [0.1, 0.15) is 32.4 Å². The lowest BCUT2D eigenvalue weighted by Gasteiger charge is -2.14. The molecule has 1 unspecified atom stereocenters. The van der Waals surface area contributed by atoms with E-state index in [-0.39, 0.29) is 0 Å². The van der Waals surface area contributed by atoms with Crippen LogP contribution in [-0.2, 0) is 0 Å². The van der Waals surface area contributed by atoms with Crippen LogP contribution < -0.4 is 5.32 Å². The van der Waals surface area contributed by atoms with E-state index in [0.717, 1.165) is 0 Å². The van der Waals surface area contributed by atoms with Crippen molar-refractivity contribution >= 4 is 0 Å². The fraction of sp³-hybridized carbons (Fsp3) is 0.625. The van der Waals surface area contributed by atoms with E-state index in [1.54, 1.807) is 0 Å². The van der Waals surface area contributed by atoms with Gasteiger partial charge in [0.2, 0.25) is 0 Å². The van der Waals surface area contributed by atoms with Crippen molar-refractivity contribution in [1.82, 2.24) is 15.5 Å². The van der Waals surface area contributed by atoms with Crippen LogP contribution in [0.4, 0.5) is 0 Å². The fourth-order valence-corrected chi connectivity index (χ4v) is 1.09. The molecule has 0 saturated carbocycles. The maximum absolute atomic E-state index is 3.89. The lowest BCUT2D eigenvalue weighted by molar-refractivity contribution is 0.506. The third-order valence-electron chi connectivity index (χ3n) is 1.60. The molecular formula is C8H15N3. The van der Waals surface area contributed by atoms with Gasteiger partial charge in [-0.1, -0.05) is 13.8 Å². The number of hydrogen-bond donors (Lipinski definition) is 2. The molecule has 1 aromatic rings. The molecule has 1 heterocycles. The van der Waals surface area contributed by atoms with Gasteiger partial charge in [0, 0.05) is 23.8 Å². The van der Waals surface area contributed by atoms with E-state index in [1.807, 2.05) is 12.4 Å². The quantitative estimate of drug-likeness (QED) is 0.690. The Morgan fingerprint density at radius 1 is 1.45 bits per heavy atom. The zero-order chi connectivity index (χ0) is 8.27. The maximum atomic E-state index is 3.89. The molecule has 0 spiro atoms. The second-order valence-electron chi connectivity index (χ2n) is 3.07. The van der Waals surface area contributed by atoms with Crippen molar-refractivity contribution in [3.05, 3.63) is 18.0 Å². The van der Waals surface area contributed by atoms with Crippen LogP contribution >= 0.6 is 0 Å². The van der Waals surface area contributed by atoms with Gasteiger partial charge in [-0.2, -0.15) is 5.10 Å². The molecule has 0 amide bonds. The van der Waals surface area contributed by atoms with Gasteiger partial charge in [-0.05, 0) is 6.92 Å². The van der Waals surface area contributed by atoms with E-state index in [0.29, 0.717) is 12.1 Å². The van der Waals surface area contributed by atoms with Gasteiger partial charge in [0.05, 0.1) is 6.20 Å². The van der Waals surface area contributed by atoms with Gasteiger partial charge in [-0.15, -0.1) is 0 Å². The standard InChI is InChI=1S/C8H15N3/c1-6(2)11-7(3)8-4-9-10-5-8/h4-7,11H,1-3H3,(H,9,10).